The molecule has 0 saturated heterocycles. The van der Waals surface area contributed by atoms with E-state index in [1.807, 2.05) is 19.1 Å². The summed E-state index contributed by atoms with van der Waals surface area (Å²) in [5, 5.41) is 3.24. The number of nitrogens with one attached hydrogen (secondary N) is 1. The van der Waals surface area contributed by atoms with Crippen LogP contribution in [0.15, 0.2) is 24.3 Å². The van der Waals surface area contributed by atoms with Crippen molar-refractivity contribution < 1.29 is 14.3 Å². The molecule has 1 aliphatic carbocycles. The van der Waals surface area contributed by atoms with E-state index in [0.29, 0.717) is 11.6 Å². The number of rotatable bonds is 5. The lowest BCUT2D eigenvalue weighted by atomic mass is 9.64. The van der Waals surface area contributed by atoms with E-state index in [9.17, 15) is 9.59 Å². The van der Waals surface area contributed by atoms with Crippen LogP contribution in [0.5, 0.6) is 0 Å². The Bertz CT molecular complexity index is 494. The SMILES string of the molecule is CCNC(=O)COC(=O)C1(c2ccc(Cl)cc2)CCC1. The molecule has 1 aliphatic rings. The zero-order valence-corrected chi connectivity index (χ0v) is 12.2. The highest BCUT2D eigenvalue weighted by molar-refractivity contribution is 6.30. The van der Waals surface area contributed by atoms with Crippen molar-refractivity contribution in [1.82, 2.24) is 5.32 Å². The van der Waals surface area contributed by atoms with Crippen molar-refractivity contribution in [2.24, 2.45) is 0 Å². The molecule has 1 N–H and O–H groups in total. The second kappa shape index (κ2) is 6.27. The molecule has 4 nitrogen and oxygen atoms in total. The van der Waals surface area contributed by atoms with Gasteiger partial charge in [0, 0.05) is 11.6 Å². The highest BCUT2D eigenvalue weighted by atomic mass is 35.5. The molecule has 0 aliphatic heterocycles. The highest BCUT2D eigenvalue weighted by Crippen LogP contribution is 2.44. The van der Waals surface area contributed by atoms with Gasteiger partial charge in [0.1, 0.15) is 0 Å². The standard InChI is InChI=1S/C15H18ClNO3/c1-2-17-13(18)10-20-14(19)15(8-3-9-15)11-4-6-12(16)7-5-11/h4-7H,2-3,8-10H2,1H3,(H,17,18). The summed E-state index contributed by atoms with van der Waals surface area (Å²) >= 11 is 5.87. The average Bonchev–Trinajstić information content (AvgIpc) is 2.38. The lowest BCUT2D eigenvalue weighted by Crippen LogP contribution is -2.44. The number of esters is 1. The Hall–Kier alpha value is -1.55. The van der Waals surface area contributed by atoms with Crippen molar-refractivity contribution in [3.05, 3.63) is 34.9 Å². The summed E-state index contributed by atoms with van der Waals surface area (Å²) in [6, 6.07) is 7.26. The summed E-state index contributed by atoms with van der Waals surface area (Å²) in [5.41, 5.74) is 0.311. The molecule has 0 atom stereocenters. The minimum Gasteiger partial charge on any atom is -0.455 e. The molecule has 2 rings (SSSR count). The summed E-state index contributed by atoms with van der Waals surface area (Å²) in [4.78, 5) is 23.7. The molecule has 20 heavy (non-hydrogen) atoms. The van der Waals surface area contributed by atoms with Gasteiger partial charge in [-0.2, -0.15) is 0 Å². The summed E-state index contributed by atoms with van der Waals surface area (Å²) in [6.07, 6.45) is 2.49. The number of hydrogen-bond donors (Lipinski definition) is 1. The first kappa shape index (κ1) is 14.9. The van der Waals surface area contributed by atoms with Crippen LogP contribution in [0.25, 0.3) is 0 Å². The van der Waals surface area contributed by atoms with Gasteiger partial charge in [-0.15, -0.1) is 0 Å². The third-order valence-electron chi connectivity index (χ3n) is 3.70. The van der Waals surface area contributed by atoms with Crippen LogP contribution in [0.3, 0.4) is 0 Å². The predicted molar refractivity (Wildman–Crippen MR) is 76.6 cm³/mol. The molecule has 108 valence electrons. The Balaban J connectivity index is 2.05. The normalized spacial score (nSPS) is 16.1. The monoisotopic (exact) mass is 295 g/mol. The van der Waals surface area contributed by atoms with Gasteiger partial charge < -0.3 is 10.1 Å². The van der Waals surface area contributed by atoms with Gasteiger partial charge in [-0.3, -0.25) is 9.59 Å². The highest BCUT2D eigenvalue weighted by Gasteiger charge is 2.47. The van der Waals surface area contributed by atoms with Crippen molar-refractivity contribution in [2.75, 3.05) is 13.2 Å². The van der Waals surface area contributed by atoms with Crippen molar-refractivity contribution in [3.63, 3.8) is 0 Å². The maximum atomic E-state index is 12.3. The molecule has 1 fully saturated rings. The summed E-state index contributed by atoms with van der Waals surface area (Å²) < 4.78 is 5.16. The zero-order chi connectivity index (χ0) is 14.6. The molecule has 0 spiro atoms. The van der Waals surface area contributed by atoms with Gasteiger partial charge in [0.2, 0.25) is 0 Å². The zero-order valence-electron chi connectivity index (χ0n) is 11.4. The van der Waals surface area contributed by atoms with Crippen molar-refractivity contribution in [3.8, 4) is 0 Å². The van der Waals surface area contributed by atoms with Gasteiger partial charge in [0.05, 0.1) is 5.41 Å². The predicted octanol–water partition coefficient (Wildman–Crippen LogP) is 2.44. The third kappa shape index (κ3) is 2.96. The molecule has 1 aromatic rings. The third-order valence-corrected chi connectivity index (χ3v) is 3.95. The van der Waals surface area contributed by atoms with Crippen LogP contribution < -0.4 is 5.32 Å². The van der Waals surface area contributed by atoms with Gasteiger partial charge in [-0.25, -0.2) is 0 Å². The van der Waals surface area contributed by atoms with Crippen LogP contribution in [-0.2, 0) is 19.7 Å². The van der Waals surface area contributed by atoms with E-state index in [-0.39, 0.29) is 18.5 Å². The Kier molecular flexibility index (Phi) is 4.65. The summed E-state index contributed by atoms with van der Waals surface area (Å²) in [5.74, 6) is -0.594. The van der Waals surface area contributed by atoms with E-state index < -0.39 is 5.41 Å². The van der Waals surface area contributed by atoms with Crippen LogP contribution in [0.4, 0.5) is 0 Å². The topological polar surface area (TPSA) is 55.4 Å². The van der Waals surface area contributed by atoms with Gasteiger partial charge in [0.25, 0.3) is 5.91 Å². The Morgan fingerprint density at radius 1 is 1.30 bits per heavy atom. The smallest absolute Gasteiger partial charge is 0.317 e. The van der Waals surface area contributed by atoms with E-state index in [1.165, 1.54) is 0 Å². The minimum atomic E-state index is -0.600. The number of amides is 1. The largest absolute Gasteiger partial charge is 0.455 e. The van der Waals surface area contributed by atoms with Gasteiger partial charge >= 0.3 is 5.97 Å². The van der Waals surface area contributed by atoms with E-state index in [2.05, 4.69) is 5.32 Å². The maximum absolute atomic E-state index is 12.3. The molecule has 0 radical (unpaired) electrons. The lowest BCUT2D eigenvalue weighted by molar-refractivity contribution is -0.157. The quantitative estimate of drug-likeness (QED) is 0.849. The molecular formula is C15H18ClNO3. The number of carbonyl (C=O) groups excluding carboxylic acids is 2. The second-order valence-electron chi connectivity index (χ2n) is 4.97. The van der Waals surface area contributed by atoms with E-state index in [1.54, 1.807) is 12.1 Å². The Morgan fingerprint density at radius 3 is 2.45 bits per heavy atom. The number of carbonyl (C=O) groups is 2. The van der Waals surface area contributed by atoms with Crippen molar-refractivity contribution in [1.29, 1.82) is 0 Å². The summed E-state index contributed by atoms with van der Waals surface area (Å²) in [6.45, 7) is 2.13. The van der Waals surface area contributed by atoms with Crippen LogP contribution in [0.2, 0.25) is 5.02 Å². The van der Waals surface area contributed by atoms with Crippen LogP contribution in [-0.4, -0.2) is 25.0 Å². The Labute approximate surface area is 123 Å². The fourth-order valence-electron chi connectivity index (χ4n) is 2.43. The van der Waals surface area contributed by atoms with E-state index in [0.717, 1.165) is 24.8 Å². The number of halogens is 1. The number of benzene rings is 1. The average molecular weight is 296 g/mol. The number of hydrogen-bond acceptors (Lipinski definition) is 3. The maximum Gasteiger partial charge on any atom is 0.317 e. The van der Waals surface area contributed by atoms with Gasteiger partial charge in [-0.05, 0) is 37.5 Å². The first-order valence-corrected chi connectivity index (χ1v) is 7.16. The van der Waals surface area contributed by atoms with Crippen LogP contribution in [0.1, 0.15) is 31.7 Å². The van der Waals surface area contributed by atoms with Gasteiger partial charge in [-0.1, -0.05) is 30.2 Å². The fraction of sp³-hybridized carbons (Fsp3) is 0.467. The molecule has 0 aromatic heterocycles. The molecule has 5 heteroatoms. The first-order chi connectivity index (χ1) is 9.58. The second-order valence-corrected chi connectivity index (χ2v) is 5.41. The lowest BCUT2D eigenvalue weighted by Gasteiger charge is -2.39. The Morgan fingerprint density at radius 2 is 1.95 bits per heavy atom. The minimum absolute atomic E-state index is 0.220. The molecule has 1 saturated carbocycles. The van der Waals surface area contributed by atoms with E-state index in [4.69, 9.17) is 16.3 Å². The van der Waals surface area contributed by atoms with Crippen molar-refractivity contribution in [2.45, 2.75) is 31.6 Å². The molecule has 0 unspecified atom stereocenters. The number of likely N-dealkylation sites (N-methyl/N-ethyl adjacent to an activating group) is 1. The molecule has 0 bridgehead atoms. The summed E-state index contributed by atoms with van der Waals surface area (Å²) in [7, 11) is 0. The van der Waals surface area contributed by atoms with Gasteiger partial charge in [0.15, 0.2) is 6.61 Å². The van der Waals surface area contributed by atoms with Crippen LogP contribution >= 0.6 is 11.6 Å². The fourth-order valence-corrected chi connectivity index (χ4v) is 2.55. The molecular weight excluding hydrogens is 278 g/mol. The number of ether oxygens (including phenoxy) is 1. The molecule has 0 heterocycles. The van der Waals surface area contributed by atoms with E-state index >= 15 is 0 Å². The first-order valence-electron chi connectivity index (χ1n) is 6.78. The molecule has 1 amide bonds. The van der Waals surface area contributed by atoms with Crippen molar-refractivity contribution >= 4 is 23.5 Å². The molecule has 1 aromatic carbocycles. The van der Waals surface area contributed by atoms with Crippen LogP contribution in [0, 0.1) is 0 Å².